The molecule has 8 nitrogen and oxygen atoms in total. The van der Waals surface area contributed by atoms with Gasteiger partial charge in [0.2, 0.25) is 11.8 Å². The summed E-state index contributed by atoms with van der Waals surface area (Å²) in [7, 11) is 3.00. The zero-order chi connectivity index (χ0) is 21.1. The van der Waals surface area contributed by atoms with E-state index < -0.39 is 6.09 Å². The lowest BCUT2D eigenvalue weighted by atomic mass is 9.94. The molecule has 2 aliphatic rings. The number of nitrogens with zero attached hydrogens (tertiary/aromatic N) is 3. The quantitative estimate of drug-likeness (QED) is 0.779. The molecule has 1 aromatic carbocycles. The predicted molar refractivity (Wildman–Crippen MR) is 107 cm³/mol. The summed E-state index contributed by atoms with van der Waals surface area (Å²) in [4.78, 5) is 41.4. The standard InChI is InChI=1S/C20H26ClN3O5/c1-22(20(27)28)17-11-24(10-16(17)13-3-5-15(21)6-4-13)19(26)14-7-8-23(9-14)18(25)12-29-2/h3-6,14,16-17H,7-12H2,1-2H3,(H,27,28)/t14?,16-,17+/m0/s1. The Hall–Kier alpha value is -2.32. The van der Waals surface area contributed by atoms with E-state index in [0.29, 0.717) is 37.6 Å². The number of halogens is 1. The van der Waals surface area contributed by atoms with Gasteiger partial charge in [0.1, 0.15) is 6.61 Å². The van der Waals surface area contributed by atoms with Crippen LogP contribution in [0.5, 0.6) is 0 Å². The molecular weight excluding hydrogens is 398 g/mol. The number of carboxylic acid groups (broad SMARTS) is 1. The molecule has 1 aromatic rings. The fourth-order valence-electron chi connectivity index (χ4n) is 4.20. The lowest BCUT2D eigenvalue weighted by molar-refractivity contribution is -0.136. The van der Waals surface area contributed by atoms with Crippen LogP contribution in [0.1, 0.15) is 17.9 Å². The molecule has 0 saturated carbocycles. The van der Waals surface area contributed by atoms with Gasteiger partial charge in [-0.15, -0.1) is 0 Å². The van der Waals surface area contributed by atoms with Crippen LogP contribution in [0.2, 0.25) is 5.02 Å². The third kappa shape index (κ3) is 4.64. The minimum absolute atomic E-state index is 0.00868. The van der Waals surface area contributed by atoms with E-state index in [-0.39, 0.29) is 36.3 Å². The van der Waals surface area contributed by atoms with Crippen molar-refractivity contribution in [2.24, 2.45) is 5.92 Å². The summed E-state index contributed by atoms with van der Waals surface area (Å²) in [6, 6.07) is 6.96. The lowest BCUT2D eigenvalue weighted by Gasteiger charge is -2.26. The van der Waals surface area contributed by atoms with Gasteiger partial charge < -0.3 is 24.5 Å². The van der Waals surface area contributed by atoms with Crippen molar-refractivity contribution in [1.82, 2.24) is 14.7 Å². The molecule has 0 aliphatic carbocycles. The number of carbonyl (C=O) groups is 3. The number of benzene rings is 1. The van der Waals surface area contributed by atoms with E-state index in [4.69, 9.17) is 16.3 Å². The Morgan fingerprint density at radius 3 is 2.48 bits per heavy atom. The molecule has 3 amide bonds. The minimum atomic E-state index is -1.03. The predicted octanol–water partition coefficient (Wildman–Crippen LogP) is 1.74. The van der Waals surface area contributed by atoms with Crippen LogP contribution in [0, 0.1) is 5.92 Å². The van der Waals surface area contributed by atoms with E-state index in [0.717, 1.165) is 5.56 Å². The number of amides is 3. The molecule has 2 saturated heterocycles. The maximum Gasteiger partial charge on any atom is 0.407 e. The molecule has 3 atom stereocenters. The van der Waals surface area contributed by atoms with Crippen LogP contribution in [-0.2, 0) is 14.3 Å². The van der Waals surface area contributed by atoms with Crippen molar-refractivity contribution < 1.29 is 24.2 Å². The Kier molecular flexibility index (Phi) is 6.64. The van der Waals surface area contributed by atoms with Crippen molar-refractivity contribution in [2.45, 2.75) is 18.4 Å². The van der Waals surface area contributed by atoms with Crippen molar-refractivity contribution in [3.05, 3.63) is 34.9 Å². The van der Waals surface area contributed by atoms with Crippen LogP contribution in [0.4, 0.5) is 4.79 Å². The van der Waals surface area contributed by atoms with Gasteiger partial charge in [-0.25, -0.2) is 4.79 Å². The molecule has 9 heteroatoms. The highest BCUT2D eigenvalue weighted by Crippen LogP contribution is 2.33. The maximum atomic E-state index is 13.1. The van der Waals surface area contributed by atoms with Gasteiger partial charge in [0.05, 0.1) is 12.0 Å². The van der Waals surface area contributed by atoms with Gasteiger partial charge in [-0.2, -0.15) is 0 Å². The van der Waals surface area contributed by atoms with Crippen LogP contribution >= 0.6 is 11.6 Å². The van der Waals surface area contributed by atoms with Crippen LogP contribution in [0.15, 0.2) is 24.3 Å². The summed E-state index contributed by atoms with van der Waals surface area (Å²) in [5.74, 6) is -0.551. The van der Waals surface area contributed by atoms with Gasteiger partial charge in [-0.3, -0.25) is 9.59 Å². The second kappa shape index (κ2) is 9.00. The topological polar surface area (TPSA) is 90.4 Å². The summed E-state index contributed by atoms with van der Waals surface area (Å²) in [5, 5.41) is 10.1. The number of ether oxygens (including phenoxy) is 1. The minimum Gasteiger partial charge on any atom is -0.465 e. The molecule has 2 fully saturated rings. The van der Waals surface area contributed by atoms with Crippen LogP contribution in [0.3, 0.4) is 0 Å². The van der Waals surface area contributed by atoms with Gasteiger partial charge >= 0.3 is 6.09 Å². The monoisotopic (exact) mass is 423 g/mol. The van der Waals surface area contributed by atoms with Crippen LogP contribution in [0.25, 0.3) is 0 Å². The first-order chi connectivity index (χ1) is 13.8. The maximum absolute atomic E-state index is 13.1. The average molecular weight is 424 g/mol. The summed E-state index contributed by atoms with van der Waals surface area (Å²) >= 11 is 5.98. The zero-order valence-electron chi connectivity index (χ0n) is 16.6. The molecule has 2 aliphatic heterocycles. The highest BCUT2D eigenvalue weighted by Gasteiger charge is 2.43. The number of likely N-dealkylation sites (tertiary alicyclic amines) is 2. The van der Waals surface area contributed by atoms with Crippen molar-refractivity contribution in [1.29, 1.82) is 0 Å². The molecule has 3 rings (SSSR count). The average Bonchev–Trinajstić information content (AvgIpc) is 3.35. The van der Waals surface area contributed by atoms with Gasteiger partial charge in [-0.05, 0) is 24.1 Å². The summed E-state index contributed by atoms with van der Waals surface area (Å²) in [6.07, 6.45) is -0.420. The lowest BCUT2D eigenvalue weighted by Crippen LogP contribution is -2.42. The van der Waals surface area contributed by atoms with Crippen LogP contribution in [-0.4, -0.2) is 90.7 Å². The second-order valence-electron chi connectivity index (χ2n) is 7.62. The fraction of sp³-hybridized carbons (Fsp3) is 0.550. The smallest absolute Gasteiger partial charge is 0.407 e. The number of rotatable bonds is 5. The number of carbonyl (C=O) groups excluding carboxylic acids is 2. The highest BCUT2D eigenvalue weighted by molar-refractivity contribution is 6.30. The number of likely N-dealkylation sites (N-methyl/N-ethyl adjacent to an activating group) is 1. The Balaban J connectivity index is 1.73. The van der Waals surface area contributed by atoms with E-state index in [1.807, 2.05) is 12.1 Å². The van der Waals surface area contributed by atoms with E-state index in [1.54, 1.807) is 21.9 Å². The third-order valence-electron chi connectivity index (χ3n) is 5.86. The number of hydrogen-bond donors (Lipinski definition) is 1. The molecule has 1 unspecified atom stereocenters. The second-order valence-corrected chi connectivity index (χ2v) is 8.06. The Morgan fingerprint density at radius 1 is 1.17 bits per heavy atom. The van der Waals surface area contributed by atoms with Crippen molar-refractivity contribution in [3.8, 4) is 0 Å². The molecule has 2 heterocycles. The van der Waals surface area contributed by atoms with Gasteiger partial charge in [-0.1, -0.05) is 23.7 Å². The fourth-order valence-corrected chi connectivity index (χ4v) is 4.33. The SMILES string of the molecule is COCC(=O)N1CCC(C(=O)N2C[C@@H](N(C)C(=O)O)[C@H](c3ccc(Cl)cc3)C2)C1. The van der Waals surface area contributed by atoms with Gasteiger partial charge in [0.15, 0.2) is 0 Å². The summed E-state index contributed by atoms with van der Waals surface area (Å²) in [6.45, 7) is 1.69. The normalized spacial score (nSPS) is 24.0. The number of hydrogen-bond acceptors (Lipinski definition) is 4. The van der Waals surface area contributed by atoms with Crippen molar-refractivity contribution in [3.63, 3.8) is 0 Å². The number of methoxy groups -OCH3 is 1. The molecule has 0 spiro atoms. The van der Waals surface area contributed by atoms with E-state index in [1.165, 1.54) is 19.1 Å². The molecular formula is C20H26ClN3O5. The van der Waals surface area contributed by atoms with E-state index >= 15 is 0 Å². The largest absolute Gasteiger partial charge is 0.465 e. The highest BCUT2D eigenvalue weighted by atomic mass is 35.5. The summed E-state index contributed by atoms with van der Waals surface area (Å²) in [5.41, 5.74) is 0.950. The molecule has 0 radical (unpaired) electrons. The molecule has 158 valence electrons. The first kappa shape index (κ1) is 21.4. The molecule has 0 aromatic heterocycles. The van der Waals surface area contributed by atoms with Gasteiger partial charge in [0.25, 0.3) is 0 Å². The first-order valence-corrected chi connectivity index (χ1v) is 9.96. The Morgan fingerprint density at radius 2 is 1.86 bits per heavy atom. The third-order valence-corrected chi connectivity index (χ3v) is 6.11. The molecule has 0 bridgehead atoms. The Labute approximate surface area is 175 Å². The molecule has 29 heavy (non-hydrogen) atoms. The summed E-state index contributed by atoms with van der Waals surface area (Å²) < 4.78 is 4.89. The van der Waals surface area contributed by atoms with Gasteiger partial charge in [0, 0.05) is 51.3 Å². The van der Waals surface area contributed by atoms with Crippen LogP contribution < -0.4 is 0 Å². The molecule has 1 N–H and O–H groups in total. The first-order valence-electron chi connectivity index (χ1n) is 9.58. The van der Waals surface area contributed by atoms with Crippen molar-refractivity contribution >= 4 is 29.5 Å². The van der Waals surface area contributed by atoms with Crippen molar-refractivity contribution in [2.75, 3.05) is 46.9 Å². The Bertz CT molecular complexity index is 772. The van der Waals surface area contributed by atoms with E-state index in [9.17, 15) is 19.5 Å². The zero-order valence-corrected chi connectivity index (χ0v) is 17.3. The van der Waals surface area contributed by atoms with E-state index in [2.05, 4.69) is 0 Å².